The number of nitrogens with zero attached hydrogens (tertiary/aromatic N) is 2. The number of amides is 2. The number of fused-ring (bicyclic) bond motifs is 1. The number of carbonyl (C=O) groups is 2. The summed E-state index contributed by atoms with van der Waals surface area (Å²) in [6, 6.07) is 0.132. The molecule has 90 valence electrons. The van der Waals surface area contributed by atoms with E-state index in [0.717, 1.165) is 32.5 Å². The van der Waals surface area contributed by atoms with Crippen LogP contribution >= 0.6 is 0 Å². The molecule has 2 aliphatic rings. The summed E-state index contributed by atoms with van der Waals surface area (Å²) in [5.41, 5.74) is 5.38. The van der Waals surface area contributed by atoms with Crippen LogP contribution in [0.2, 0.25) is 0 Å². The van der Waals surface area contributed by atoms with Gasteiger partial charge in [0.2, 0.25) is 11.8 Å². The van der Waals surface area contributed by atoms with Crippen molar-refractivity contribution >= 4 is 11.8 Å². The van der Waals surface area contributed by atoms with Crippen molar-refractivity contribution in [2.45, 2.75) is 38.3 Å². The zero-order chi connectivity index (χ0) is 11.7. The van der Waals surface area contributed by atoms with Crippen molar-refractivity contribution in [2.75, 3.05) is 19.6 Å². The lowest BCUT2D eigenvalue weighted by molar-refractivity contribution is -0.132. The van der Waals surface area contributed by atoms with E-state index in [1.165, 1.54) is 0 Å². The zero-order valence-corrected chi connectivity index (χ0v) is 9.69. The Hall–Kier alpha value is -1.10. The Morgan fingerprint density at radius 1 is 1.56 bits per heavy atom. The number of nitrogens with two attached hydrogens (primary N) is 1. The van der Waals surface area contributed by atoms with Crippen molar-refractivity contribution in [1.82, 2.24) is 9.80 Å². The number of hydrogen-bond donors (Lipinski definition) is 1. The minimum absolute atomic E-state index is 0.169. The van der Waals surface area contributed by atoms with E-state index in [9.17, 15) is 9.59 Å². The van der Waals surface area contributed by atoms with Gasteiger partial charge in [-0.25, -0.2) is 0 Å². The van der Waals surface area contributed by atoms with Crippen LogP contribution in [0.1, 0.15) is 26.2 Å². The average Bonchev–Trinajstić information content (AvgIpc) is 2.61. The smallest absolute Gasteiger partial charge is 0.234 e. The van der Waals surface area contributed by atoms with Crippen molar-refractivity contribution in [3.8, 4) is 0 Å². The fourth-order valence-electron chi connectivity index (χ4n) is 2.81. The number of primary amides is 1. The van der Waals surface area contributed by atoms with Gasteiger partial charge in [0, 0.05) is 32.1 Å². The Bertz CT molecular complexity index is 306. The molecule has 2 aliphatic heterocycles. The number of piperazine rings is 1. The van der Waals surface area contributed by atoms with Gasteiger partial charge in [-0.2, -0.15) is 0 Å². The Labute approximate surface area is 95.6 Å². The van der Waals surface area contributed by atoms with E-state index in [1.807, 2.05) is 11.8 Å². The van der Waals surface area contributed by atoms with E-state index >= 15 is 0 Å². The second-order valence-corrected chi connectivity index (χ2v) is 4.60. The van der Waals surface area contributed by atoms with Gasteiger partial charge in [-0.15, -0.1) is 0 Å². The Morgan fingerprint density at radius 3 is 2.94 bits per heavy atom. The molecule has 0 saturated carbocycles. The fourth-order valence-corrected chi connectivity index (χ4v) is 2.81. The van der Waals surface area contributed by atoms with E-state index in [-0.39, 0.29) is 17.9 Å². The molecule has 0 aromatic heterocycles. The summed E-state index contributed by atoms with van der Waals surface area (Å²) in [5, 5.41) is 0. The van der Waals surface area contributed by atoms with Crippen molar-refractivity contribution in [3.63, 3.8) is 0 Å². The normalized spacial score (nSPS) is 27.9. The molecule has 0 bridgehead atoms. The second kappa shape index (κ2) is 4.41. The highest BCUT2D eigenvalue weighted by atomic mass is 16.2. The molecule has 2 saturated heterocycles. The van der Waals surface area contributed by atoms with E-state index in [2.05, 4.69) is 4.90 Å². The van der Waals surface area contributed by atoms with E-state index in [0.29, 0.717) is 12.5 Å². The molecule has 0 aromatic rings. The van der Waals surface area contributed by atoms with Crippen LogP contribution in [0.25, 0.3) is 0 Å². The minimum Gasteiger partial charge on any atom is -0.368 e. The van der Waals surface area contributed by atoms with E-state index in [1.54, 1.807) is 0 Å². The Morgan fingerprint density at radius 2 is 2.31 bits per heavy atom. The summed E-state index contributed by atoms with van der Waals surface area (Å²) in [7, 11) is 0. The second-order valence-electron chi connectivity index (χ2n) is 4.60. The van der Waals surface area contributed by atoms with Gasteiger partial charge < -0.3 is 10.6 Å². The molecule has 0 spiro atoms. The van der Waals surface area contributed by atoms with Crippen molar-refractivity contribution in [3.05, 3.63) is 0 Å². The summed E-state index contributed by atoms with van der Waals surface area (Å²) < 4.78 is 0. The molecule has 2 atom stereocenters. The van der Waals surface area contributed by atoms with Crippen LogP contribution in [0.5, 0.6) is 0 Å². The average molecular weight is 225 g/mol. The van der Waals surface area contributed by atoms with Crippen molar-refractivity contribution in [2.24, 2.45) is 5.73 Å². The zero-order valence-electron chi connectivity index (χ0n) is 9.69. The molecule has 5 nitrogen and oxygen atoms in total. The van der Waals surface area contributed by atoms with Gasteiger partial charge in [-0.05, 0) is 12.8 Å². The number of hydrogen-bond acceptors (Lipinski definition) is 3. The maximum atomic E-state index is 11.5. The SMILES string of the molecule is CCC(C(N)=O)N1CCN2C(=O)CCC2C1. The van der Waals surface area contributed by atoms with Gasteiger partial charge in [0.25, 0.3) is 0 Å². The molecule has 2 rings (SSSR count). The minimum atomic E-state index is -0.250. The van der Waals surface area contributed by atoms with Gasteiger partial charge >= 0.3 is 0 Å². The van der Waals surface area contributed by atoms with Gasteiger partial charge in [0.15, 0.2) is 0 Å². The first-order valence-corrected chi connectivity index (χ1v) is 5.96. The highest BCUT2D eigenvalue weighted by molar-refractivity contribution is 5.80. The maximum Gasteiger partial charge on any atom is 0.234 e. The Balaban J connectivity index is 2.01. The molecule has 5 heteroatoms. The third kappa shape index (κ3) is 1.91. The first-order valence-electron chi connectivity index (χ1n) is 5.96. The van der Waals surface area contributed by atoms with E-state index < -0.39 is 0 Å². The van der Waals surface area contributed by atoms with Crippen LogP contribution < -0.4 is 5.73 Å². The summed E-state index contributed by atoms with van der Waals surface area (Å²) in [4.78, 5) is 26.9. The quantitative estimate of drug-likeness (QED) is 0.708. The van der Waals surface area contributed by atoms with Crippen LogP contribution in [-0.2, 0) is 9.59 Å². The largest absolute Gasteiger partial charge is 0.368 e. The topological polar surface area (TPSA) is 66.6 Å². The van der Waals surface area contributed by atoms with Crippen LogP contribution in [0.3, 0.4) is 0 Å². The molecule has 2 heterocycles. The first kappa shape index (κ1) is 11.4. The van der Waals surface area contributed by atoms with Crippen molar-refractivity contribution < 1.29 is 9.59 Å². The predicted molar refractivity (Wildman–Crippen MR) is 59.6 cm³/mol. The molecule has 2 fully saturated rings. The molecule has 0 radical (unpaired) electrons. The fraction of sp³-hybridized carbons (Fsp3) is 0.818. The molecule has 2 N–H and O–H groups in total. The molecular weight excluding hydrogens is 206 g/mol. The maximum absolute atomic E-state index is 11.5. The summed E-state index contributed by atoms with van der Waals surface area (Å²) in [6.45, 7) is 4.28. The molecular formula is C11H19N3O2. The van der Waals surface area contributed by atoms with Crippen LogP contribution in [-0.4, -0.2) is 53.3 Å². The monoisotopic (exact) mass is 225 g/mol. The molecule has 16 heavy (non-hydrogen) atoms. The molecule has 2 amide bonds. The Kier molecular flexibility index (Phi) is 3.14. The van der Waals surface area contributed by atoms with Crippen molar-refractivity contribution in [1.29, 1.82) is 0 Å². The summed E-state index contributed by atoms with van der Waals surface area (Å²) >= 11 is 0. The number of rotatable bonds is 3. The van der Waals surface area contributed by atoms with Crippen LogP contribution in [0.15, 0.2) is 0 Å². The lowest BCUT2D eigenvalue weighted by Gasteiger charge is -2.40. The molecule has 0 aromatic carbocycles. The lowest BCUT2D eigenvalue weighted by Crippen LogP contribution is -2.57. The third-order valence-corrected chi connectivity index (χ3v) is 3.68. The molecule has 2 unspecified atom stereocenters. The first-order chi connectivity index (χ1) is 7.63. The van der Waals surface area contributed by atoms with E-state index in [4.69, 9.17) is 5.73 Å². The van der Waals surface area contributed by atoms with Gasteiger partial charge in [0.1, 0.15) is 0 Å². The van der Waals surface area contributed by atoms with Crippen LogP contribution in [0.4, 0.5) is 0 Å². The summed E-state index contributed by atoms with van der Waals surface area (Å²) in [5.74, 6) is 0.0112. The van der Waals surface area contributed by atoms with Crippen LogP contribution in [0, 0.1) is 0 Å². The lowest BCUT2D eigenvalue weighted by atomic mass is 10.1. The van der Waals surface area contributed by atoms with Gasteiger partial charge in [-0.1, -0.05) is 6.92 Å². The third-order valence-electron chi connectivity index (χ3n) is 3.68. The number of carbonyl (C=O) groups excluding carboxylic acids is 2. The highest BCUT2D eigenvalue weighted by Crippen LogP contribution is 2.24. The van der Waals surface area contributed by atoms with Gasteiger partial charge in [-0.3, -0.25) is 14.5 Å². The highest BCUT2D eigenvalue weighted by Gasteiger charge is 2.37. The van der Waals surface area contributed by atoms with Gasteiger partial charge in [0.05, 0.1) is 6.04 Å². The molecule has 0 aliphatic carbocycles. The standard InChI is InChI=1S/C11H19N3O2/c1-2-9(11(12)16)13-5-6-14-8(7-13)3-4-10(14)15/h8-9H,2-7H2,1H3,(H2,12,16). The predicted octanol–water partition coefficient (Wildman–Crippen LogP) is -0.443. The summed E-state index contributed by atoms with van der Waals surface area (Å²) in [6.07, 6.45) is 2.33.